The second-order valence-electron chi connectivity index (χ2n) is 7.48. The number of Topliss-reactive ketones (excluding diaryl/α,β-unsaturated/α-hetero) is 1. The quantitative estimate of drug-likeness (QED) is 0.793. The Balaban J connectivity index is 1.60. The van der Waals surface area contributed by atoms with Crippen LogP contribution in [0, 0.1) is 5.92 Å². The molecule has 2 aliphatic rings. The van der Waals surface area contributed by atoms with E-state index in [1.807, 2.05) is 18.2 Å². The zero-order valence-electron chi connectivity index (χ0n) is 15.1. The average Bonchev–Trinajstić information content (AvgIpc) is 2.66. The third-order valence-corrected chi connectivity index (χ3v) is 5.83. The second kappa shape index (κ2) is 6.75. The van der Waals surface area contributed by atoms with Crippen LogP contribution in [0.3, 0.4) is 0 Å². The average molecular weight is 338 g/mol. The van der Waals surface area contributed by atoms with Gasteiger partial charge in [-0.2, -0.15) is 0 Å². The lowest BCUT2D eigenvalue weighted by Crippen LogP contribution is -2.26. The lowest BCUT2D eigenvalue weighted by atomic mass is 9.82. The molecule has 1 saturated carbocycles. The van der Waals surface area contributed by atoms with Crippen LogP contribution in [-0.4, -0.2) is 37.6 Å². The van der Waals surface area contributed by atoms with Gasteiger partial charge in [0.2, 0.25) is 0 Å². The number of fused-ring (bicyclic) bond motifs is 2. The summed E-state index contributed by atoms with van der Waals surface area (Å²) in [6.07, 6.45) is 6.41. The van der Waals surface area contributed by atoms with E-state index in [-0.39, 0.29) is 11.7 Å². The summed E-state index contributed by atoms with van der Waals surface area (Å²) in [5.74, 6) is 1.52. The highest BCUT2D eigenvalue weighted by Crippen LogP contribution is 2.31. The summed E-state index contributed by atoms with van der Waals surface area (Å²) in [6, 6.07) is 8.23. The highest BCUT2D eigenvalue weighted by Gasteiger charge is 2.27. The van der Waals surface area contributed by atoms with Crippen LogP contribution in [0.15, 0.2) is 24.3 Å². The van der Waals surface area contributed by atoms with E-state index in [0.29, 0.717) is 6.10 Å². The van der Waals surface area contributed by atoms with Gasteiger partial charge in [-0.3, -0.25) is 4.79 Å². The number of methoxy groups -OCH3 is 1. The Bertz CT molecular complexity index is 794. The Labute approximate surface area is 149 Å². The summed E-state index contributed by atoms with van der Waals surface area (Å²) >= 11 is 0. The molecular weight excluding hydrogens is 312 g/mol. The summed E-state index contributed by atoms with van der Waals surface area (Å²) in [5, 5.41) is 1.09. The molecule has 1 aliphatic heterocycles. The van der Waals surface area contributed by atoms with Crippen molar-refractivity contribution in [3.05, 3.63) is 35.4 Å². The topological polar surface area (TPSA) is 42.4 Å². The van der Waals surface area contributed by atoms with Crippen LogP contribution in [0.25, 0.3) is 10.9 Å². The number of hydrogen-bond acceptors (Lipinski definition) is 4. The van der Waals surface area contributed by atoms with Gasteiger partial charge in [-0.05, 0) is 68.4 Å². The van der Waals surface area contributed by atoms with Crippen molar-refractivity contribution in [2.75, 3.05) is 25.6 Å². The number of hydrogen-bond donors (Lipinski definition) is 0. The van der Waals surface area contributed by atoms with E-state index in [1.165, 1.54) is 5.56 Å². The van der Waals surface area contributed by atoms with Gasteiger partial charge in [-0.1, -0.05) is 0 Å². The van der Waals surface area contributed by atoms with Gasteiger partial charge in [-0.25, -0.2) is 4.98 Å². The zero-order chi connectivity index (χ0) is 17.4. The summed E-state index contributed by atoms with van der Waals surface area (Å²) in [4.78, 5) is 20.0. The van der Waals surface area contributed by atoms with Crippen LogP contribution in [-0.2, 0) is 11.2 Å². The van der Waals surface area contributed by atoms with Crippen molar-refractivity contribution < 1.29 is 9.53 Å². The summed E-state index contributed by atoms with van der Waals surface area (Å²) in [6.45, 7) is 1.06. The fourth-order valence-electron chi connectivity index (χ4n) is 4.29. The molecule has 4 nitrogen and oxygen atoms in total. The molecule has 4 heteroatoms. The molecular formula is C21H26N2O2. The fraction of sp³-hybridized carbons (Fsp3) is 0.524. The van der Waals surface area contributed by atoms with Crippen LogP contribution in [0.4, 0.5) is 5.82 Å². The van der Waals surface area contributed by atoms with Gasteiger partial charge in [0.1, 0.15) is 5.82 Å². The Kier molecular flexibility index (Phi) is 4.46. The minimum absolute atomic E-state index is 0.139. The lowest BCUT2D eigenvalue weighted by molar-refractivity contribution is 0.0519. The number of carbonyl (C=O) groups excluding carboxylic acids is 1. The molecule has 1 fully saturated rings. The molecule has 1 aromatic heterocycles. The molecule has 0 spiro atoms. The van der Waals surface area contributed by atoms with Gasteiger partial charge < -0.3 is 9.64 Å². The van der Waals surface area contributed by atoms with Crippen LogP contribution in [0.1, 0.15) is 48.0 Å². The van der Waals surface area contributed by atoms with E-state index in [1.54, 1.807) is 7.11 Å². The molecule has 0 N–H and O–H groups in total. The minimum atomic E-state index is 0.139. The maximum atomic E-state index is 12.9. The van der Waals surface area contributed by atoms with Gasteiger partial charge in [-0.15, -0.1) is 0 Å². The second-order valence-corrected chi connectivity index (χ2v) is 7.48. The number of carbonyl (C=O) groups is 1. The number of aromatic nitrogens is 1. The van der Waals surface area contributed by atoms with Crippen LogP contribution < -0.4 is 4.90 Å². The molecule has 0 unspecified atom stereocenters. The first-order chi connectivity index (χ1) is 12.2. The molecule has 132 valence electrons. The normalized spacial score (nSPS) is 23.5. The molecule has 25 heavy (non-hydrogen) atoms. The van der Waals surface area contributed by atoms with Crippen LogP contribution in [0.5, 0.6) is 0 Å². The zero-order valence-corrected chi connectivity index (χ0v) is 15.1. The van der Waals surface area contributed by atoms with E-state index in [9.17, 15) is 4.79 Å². The molecule has 0 amide bonds. The SMILES string of the molecule is COC1CCC(C(=O)c2ccc3nc4c(cc3c2)CCCN4C)CC1. The summed E-state index contributed by atoms with van der Waals surface area (Å²) in [7, 11) is 3.87. The third-order valence-electron chi connectivity index (χ3n) is 5.83. The predicted molar refractivity (Wildman–Crippen MR) is 100 cm³/mol. The smallest absolute Gasteiger partial charge is 0.165 e. The van der Waals surface area contributed by atoms with Crippen molar-refractivity contribution in [2.45, 2.75) is 44.6 Å². The maximum absolute atomic E-state index is 12.9. The number of benzene rings is 1. The van der Waals surface area contributed by atoms with E-state index < -0.39 is 0 Å². The highest BCUT2D eigenvalue weighted by molar-refractivity contribution is 6.01. The minimum Gasteiger partial charge on any atom is -0.381 e. The van der Waals surface area contributed by atoms with Crippen molar-refractivity contribution in [2.24, 2.45) is 5.92 Å². The molecule has 0 bridgehead atoms. The van der Waals surface area contributed by atoms with Crippen molar-refractivity contribution in [3.63, 3.8) is 0 Å². The summed E-state index contributed by atoms with van der Waals surface area (Å²) < 4.78 is 5.42. The Morgan fingerprint density at radius 1 is 1.20 bits per heavy atom. The predicted octanol–water partition coefficient (Wildman–Crippen LogP) is 4.01. The van der Waals surface area contributed by atoms with Crippen molar-refractivity contribution in [1.29, 1.82) is 0 Å². The number of rotatable bonds is 3. The van der Waals surface area contributed by atoms with Crippen LogP contribution >= 0.6 is 0 Å². The fourth-order valence-corrected chi connectivity index (χ4v) is 4.29. The van der Waals surface area contributed by atoms with E-state index >= 15 is 0 Å². The van der Waals surface area contributed by atoms with Gasteiger partial charge >= 0.3 is 0 Å². The van der Waals surface area contributed by atoms with E-state index in [0.717, 1.165) is 67.4 Å². The molecule has 1 aromatic carbocycles. The van der Waals surface area contributed by atoms with Crippen molar-refractivity contribution in [1.82, 2.24) is 4.98 Å². The molecule has 0 saturated heterocycles. The van der Waals surface area contributed by atoms with E-state index in [2.05, 4.69) is 18.0 Å². The standard InChI is InChI=1S/C21H26N2O2/c1-23-11-3-4-16-13-17-12-15(7-10-19(17)22-21(16)23)20(24)14-5-8-18(25-2)9-6-14/h7,10,12-14,18H,3-6,8-9,11H2,1-2H3. The van der Waals surface area contributed by atoms with Crippen LogP contribution in [0.2, 0.25) is 0 Å². The summed E-state index contributed by atoms with van der Waals surface area (Å²) in [5.41, 5.74) is 3.11. The van der Waals surface area contributed by atoms with Gasteiger partial charge in [0.25, 0.3) is 0 Å². The molecule has 2 aromatic rings. The molecule has 1 aliphatic carbocycles. The van der Waals surface area contributed by atoms with Crippen molar-refractivity contribution >= 4 is 22.5 Å². The van der Waals surface area contributed by atoms with E-state index in [4.69, 9.17) is 9.72 Å². The molecule has 0 atom stereocenters. The number of anilines is 1. The van der Waals surface area contributed by atoms with Gasteiger partial charge in [0.15, 0.2) is 5.78 Å². The first-order valence-electron chi connectivity index (χ1n) is 9.37. The van der Waals surface area contributed by atoms with Crippen molar-refractivity contribution in [3.8, 4) is 0 Å². The van der Waals surface area contributed by atoms with Gasteiger partial charge in [0.05, 0.1) is 11.6 Å². The maximum Gasteiger partial charge on any atom is 0.165 e. The first-order valence-corrected chi connectivity index (χ1v) is 9.37. The third kappa shape index (κ3) is 3.15. The monoisotopic (exact) mass is 338 g/mol. The lowest BCUT2D eigenvalue weighted by Gasteiger charge is -2.27. The Morgan fingerprint density at radius 2 is 2.00 bits per heavy atom. The number of aryl methyl sites for hydroxylation is 1. The molecule has 2 heterocycles. The highest BCUT2D eigenvalue weighted by atomic mass is 16.5. The first kappa shape index (κ1) is 16.5. The number of pyridine rings is 1. The molecule has 0 radical (unpaired) electrons. The largest absolute Gasteiger partial charge is 0.381 e. The van der Waals surface area contributed by atoms with Gasteiger partial charge in [0, 0.05) is 37.6 Å². The number of nitrogens with zero attached hydrogens (tertiary/aromatic N) is 2. The Morgan fingerprint density at radius 3 is 2.76 bits per heavy atom. The Hall–Kier alpha value is -1.94. The molecule has 4 rings (SSSR count). The number of ketones is 1. The number of ether oxygens (including phenoxy) is 1.